The number of H-pyrrole nitrogens is 1. The predicted molar refractivity (Wildman–Crippen MR) is 88.2 cm³/mol. The van der Waals surface area contributed by atoms with E-state index in [1.54, 1.807) is 24.3 Å². The second-order valence-corrected chi connectivity index (χ2v) is 5.93. The third-order valence-corrected chi connectivity index (χ3v) is 4.01. The number of aromatic nitrogens is 2. The van der Waals surface area contributed by atoms with Gasteiger partial charge in [0.05, 0.1) is 5.69 Å². The summed E-state index contributed by atoms with van der Waals surface area (Å²) in [5.41, 5.74) is 3.61. The molecule has 0 bridgehead atoms. The van der Waals surface area contributed by atoms with Crippen LogP contribution >= 0.6 is 0 Å². The summed E-state index contributed by atoms with van der Waals surface area (Å²) in [5.74, 6) is 0.770. The molecule has 6 nitrogen and oxygen atoms in total. The molecule has 0 fully saturated rings. The molecule has 3 N–H and O–H groups in total. The minimum absolute atomic E-state index is 0.0233. The number of benzene rings is 1. The van der Waals surface area contributed by atoms with Crippen LogP contribution < -0.4 is 10.6 Å². The third kappa shape index (κ3) is 3.59. The molecule has 1 aromatic carbocycles. The van der Waals surface area contributed by atoms with E-state index in [1.807, 2.05) is 6.92 Å². The van der Waals surface area contributed by atoms with E-state index in [0.717, 1.165) is 35.7 Å². The topological polar surface area (TPSA) is 86.9 Å². The van der Waals surface area contributed by atoms with Gasteiger partial charge in [-0.3, -0.25) is 9.59 Å². The first kappa shape index (κ1) is 15.3. The highest BCUT2D eigenvalue weighted by Crippen LogP contribution is 2.25. The predicted octanol–water partition coefficient (Wildman–Crippen LogP) is 2.42. The van der Waals surface area contributed by atoms with E-state index in [4.69, 9.17) is 0 Å². The van der Waals surface area contributed by atoms with Crippen molar-refractivity contribution >= 4 is 23.2 Å². The molecule has 0 spiro atoms. The van der Waals surface area contributed by atoms with Gasteiger partial charge in [-0.1, -0.05) is 0 Å². The van der Waals surface area contributed by atoms with Gasteiger partial charge in [0.2, 0.25) is 11.8 Å². The Morgan fingerprint density at radius 1 is 1.17 bits per heavy atom. The Hall–Kier alpha value is -2.63. The van der Waals surface area contributed by atoms with Crippen LogP contribution in [-0.2, 0) is 22.4 Å². The van der Waals surface area contributed by atoms with Crippen LogP contribution in [0.25, 0.3) is 0 Å². The normalized spacial score (nSPS) is 16.5. The second kappa shape index (κ2) is 6.24. The van der Waals surface area contributed by atoms with E-state index in [1.165, 1.54) is 6.92 Å². The third-order valence-electron chi connectivity index (χ3n) is 4.01. The number of carbonyl (C=O) groups excluding carboxylic acids is 2. The van der Waals surface area contributed by atoms with Gasteiger partial charge >= 0.3 is 0 Å². The molecule has 1 unspecified atom stereocenters. The molecule has 120 valence electrons. The number of hydrogen-bond acceptors (Lipinski definition) is 3. The Labute approximate surface area is 134 Å². The molecule has 2 aromatic rings. The largest absolute Gasteiger partial charge is 0.346 e. The van der Waals surface area contributed by atoms with Gasteiger partial charge in [-0.25, -0.2) is 4.98 Å². The molecule has 3 rings (SSSR count). The van der Waals surface area contributed by atoms with E-state index in [9.17, 15) is 9.59 Å². The number of anilines is 2. The number of aromatic amines is 1. The molecule has 1 atom stereocenters. The Balaban J connectivity index is 1.62. The fourth-order valence-corrected chi connectivity index (χ4v) is 2.93. The van der Waals surface area contributed by atoms with Gasteiger partial charge in [0.1, 0.15) is 5.82 Å². The molecule has 2 amide bonds. The summed E-state index contributed by atoms with van der Waals surface area (Å²) in [5, 5.41) is 5.64. The summed E-state index contributed by atoms with van der Waals surface area (Å²) in [7, 11) is 0. The van der Waals surface area contributed by atoms with E-state index in [0.29, 0.717) is 12.1 Å². The molecule has 6 heteroatoms. The van der Waals surface area contributed by atoms with Crippen molar-refractivity contribution in [3.8, 4) is 0 Å². The maximum atomic E-state index is 12.4. The van der Waals surface area contributed by atoms with Crippen molar-refractivity contribution in [1.29, 1.82) is 0 Å². The van der Waals surface area contributed by atoms with E-state index in [2.05, 4.69) is 20.6 Å². The number of rotatable bonds is 3. The van der Waals surface area contributed by atoms with Crippen molar-refractivity contribution in [2.45, 2.75) is 33.1 Å². The highest BCUT2D eigenvalue weighted by atomic mass is 16.2. The fraction of sp³-hybridized carbons (Fsp3) is 0.353. The van der Waals surface area contributed by atoms with Crippen molar-refractivity contribution in [2.24, 2.45) is 5.92 Å². The molecule has 0 saturated heterocycles. The van der Waals surface area contributed by atoms with Crippen molar-refractivity contribution < 1.29 is 9.59 Å². The standard InChI is InChI=1S/C17H20N4O2/c1-10-18-15-8-3-12(9-16(15)19-10)17(23)21-14-6-4-13(5-7-14)20-11(2)22/h4-7,12H,3,8-9H2,1-2H3,(H,18,19)(H,20,22)(H,21,23). The summed E-state index contributed by atoms with van der Waals surface area (Å²) < 4.78 is 0. The minimum atomic E-state index is -0.116. The Bertz CT molecular complexity index is 734. The lowest BCUT2D eigenvalue weighted by atomic mass is 9.89. The fourth-order valence-electron chi connectivity index (χ4n) is 2.93. The molecule has 1 aliphatic carbocycles. The Morgan fingerprint density at radius 2 is 1.83 bits per heavy atom. The first-order chi connectivity index (χ1) is 11.0. The van der Waals surface area contributed by atoms with E-state index in [-0.39, 0.29) is 17.7 Å². The van der Waals surface area contributed by atoms with Crippen LogP contribution in [0.15, 0.2) is 24.3 Å². The van der Waals surface area contributed by atoms with Gasteiger partial charge in [-0.2, -0.15) is 0 Å². The van der Waals surface area contributed by atoms with Crippen molar-refractivity contribution in [3.05, 3.63) is 41.5 Å². The van der Waals surface area contributed by atoms with Crippen LogP contribution in [0.1, 0.15) is 30.6 Å². The number of fused-ring (bicyclic) bond motifs is 1. The molecule has 1 heterocycles. The lowest BCUT2D eigenvalue weighted by Crippen LogP contribution is -2.28. The first-order valence-electron chi connectivity index (χ1n) is 7.74. The highest BCUT2D eigenvalue weighted by molar-refractivity contribution is 5.93. The lowest BCUT2D eigenvalue weighted by molar-refractivity contribution is -0.120. The number of amides is 2. The molecule has 0 radical (unpaired) electrons. The Kier molecular flexibility index (Phi) is 4.14. The van der Waals surface area contributed by atoms with E-state index >= 15 is 0 Å². The molecular weight excluding hydrogens is 292 g/mol. The van der Waals surface area contributed by atoms with Gasteiger partial charge in [0, 0.05) is 36.3 Å². The van der Waals surface area contributed by atoms with Gasteiger partial charge in [0.25, 0.3) is 0 Å². The zero-order valence-corrected chi connectivity index (χ0v) is 13.3. The van der Waals surface area contributed by atoms with Crippen LogP contribution in [0, 0.1) is 12.8 Å². The molecule has 0 aliphatic heterocycles. The number of carbonyl (C=O) groups is 2. The summed E-state index contributed by atoms with van der Waals surface area (Å²) in [6, 6.07) is 7.12. The average molecular weight is 312 g/mol. The van der Waals surface area contributed by atoms with Crippen LogP contribution in [-0.4, -0.2) is 21.8 Å². The number of nitrogens with zero attached hydrogens (tertiary/aromatic N) is 1. The quantitative estimate of drug-likeness (QED) is 0.813. The maximum Gasteiger partial charge on any atom is 0.227 e. The molecule has 23 heavy (non-hydrogen) atoms. The van der Waals surface area contributed by atoms with Gasteiger partial charge < -0.3 is 15.6 Å². The smallest absolute Gasteiger partial charge is 0.227 e. The average Bonchev–Trinajstić information content (AvgIpc) is 2.87. The Morgan fingerprint density at radius 3 is 2.48 bits per heavy atom. The first-order valence-corrected chi connectivity index (χ1v) is 7.74. The van der Waals surface area contributed by atoms with E-state index < -0.39 is 0 Å². The second-order valence-electron chi connectivity index (χ2n) is 5.93. The lowest BCUT2D eigenvalue weighted by Gasteiger charge is -2.20. The summed E-state index contributed by atoms with van der Waals surface area (Å²) >= 11 is 0. The molecular formula is C17H20N4O2. The van der Waals surface area contributed by atoms with Crippen molar-refractivity contribution in [1.82, 2.24) is 9.97 Å². The summed E-state index contributed by atoms with van der Waals surface area (Å²) in [4.78, 5) is 31.1. The summed E-state index contributed by atoms with van der Waals surface area (Å²) in [6.07, 6.45) is 2.35. The van der Waals surface area contributed by atoms with Gasteiger partial charge in [0.15, 0.2) is 0 Å². The van der Waals surface area contributed by atoms with Gasteiger partial charge in [-0.05, 0) is 44.0 Å². The SMILES string of the molecule is CC(=O)Nc1ccc(NC(=O)C2CCc3nc(C)[nH]c3C2)cc1. The van der Waals surface area contributed by atoms with Crippen LogP contribution in [0.5, 0.6) is 0 Å². The molecule has 0 saturated carbocycles. The van der Waals surface area contributed by atoms with Crippen molar-refractivity contribution in [2.75, 3.05) is 10.6 Å². The van der Waals surface area contributed by atoms with Gasteiger partial charge in [-0.15, -0.1) is 0 Å². The van der Waals surface area contributed by atoms with Crippen LogP contribution in [0.2, 0.25) is 0 Å². The zero-order valence-electron chi connectivity index (χ0n) is 13.3. The highest BCUT2D eigenvalue weighted by Gasteiger charge is 2.26. The number of hydrogen-bond donors (Lipinski definition) is 3. The zero-order chi connectivity index (χ0) is 16.4. The number of aryl methyl sites for hydroxylation is 2. The maximum absolute atomic E-state index is 12.4. The molecule has 1 aliphatic rings. The number of nitrogens with one attached hydrogen (secondary N) is 3. The van der Waals surface area contributed by atoms with Crippen LogP contribution in [0.4, 0.5) is 11.4 Å². The monoisotopic (exact) mass is 312 g/mol. The van der Waals surface area contributed by atoms with Crippen molar-refractivity contribution in [3.63, 3.8) is 0 Å². The molecule has 1 aromatic heterocycles. The summed E-state index contributed by atoms with van der Waals surface area (Å²) in [6.45, 7) is 3.40. The minimum Gasteiger partial charge on any atom is -0.346 e. The van der Waals surface area contributed by atoms with Crippen LogP contribution in [0.3, 0.4) is 0 Å². The number of imidazole rings is 1.